The highest BCUT2D eigenvalue weighted by Crippen LogP contribution is 2.43. The van der Waals surface area contributed by atoms with Crippen molar-refractivity contribution in [1.82, 2.24) is 19.5 Å². The van der Waals surface area contributed by atoms with E-state index in [4.69, 9.17) is 4.52 Å². The summed E-state index contributed by atoms with van der Waals surface area (Å²) < 4.78 is 34.4. The molecular weight excluding hydrogens is 380 g/mol. The summed E-state index contributed by atoms with van der Waals surface area (Å²) in [5.74, 6) is -1.01. The van der Waals surface area contributed by atoms with Crippen molar-refractivity contribution >= 4 is 17.2 Å². The first-order chi connectivity index (χ1) is 14.0. The van der Waals surface area contributed by atoms with E-state index in [1.54, 1.807) is 35.7 Å². The highest BCUT2D eigenvalue weighted by Gasteiger charge is 2.43. The normalized spacial score (nSPS) is 18.2. The first kappa shape index (κ1) is 17.5. The summed E-state index contributed by atoms with van der Waals surface area (Å²) in [5.41, 5.74) is 1.81. The molecule has 3 aromatic heterocycles. The summed E-state index contributed by atoms with van der Waals surface area (Å²) in [4.78, 5) is 21.1. The van der Waals surface area contributed by atoms with Crippen LogP contribution < -0.4 is 5.32 Å². The molecular formula is C20H15F2N5O2. The summed E-state index contributed by atoms with van der Waals surface area (Å²) in [6.45, 7) is 1.56. The van der Waals surface area contributed by atoms with Crippen LogP contribution in [-0.2, 0) is 0 Å². The third-order valence-corrected chi connectivity index (χ3v) is 4.97. The number of imidazole rings is 1. The number of halogens is 2. The lowest BCUT2D eigenvalue weighted by atomic mass is 10.1. The molecule has 5 rings (SSSR count). The molecule has 0 saturated heterocycles. The van der Waals surface area contributed by atoms with Crippen molar-refractivity contribution in [2.75, 3.05) is 5.32 Å². The van der Waals surface area contributed by atoms with Crippen LogP contribution in [0.2, 0.25) is 0 Å². The van der Waals surface area contributed by atoms with Crippen LogP contribution in [-0.4, -0.2) is 31.6 Å². The average molecular weight is 395 g/mol. The SMILES string of the molecule is Cc1c(F)cc(-c2noc([C@@H]3CC3F)n2)cc1NC(=O)c1cnc2ccccn12. The quantitative estimate of drug-likeness (QED) is 0.566. The van der Waals surface area contributed by atoms with Crippen molar-refractivity contribution in [3.8, 4) is 11.4 Å². The molecule has 1 aliphatic carbocycles. The number of anilines is 1. The fourth-order valence-corrected chi connectivity index (χ4v) is 3.15. The third-order valence-electron chi connectivity index (χ3n) is 4.97. The highest BCUT2D eigenvalue weighted by atomic mass is 19.1. The summed E-state index contributed by atoms with van der Waals surface area (Å²) >= 11 is 0. The molecule has 1 aliphatic rings. The minimum atomic E-state index is -0.974. The minimum absolute atomic E-state index is 0.142. The molecule has 9 heteroatoms. The Morgan fingerprint density at radius 1 is 1.34 bits per heavy atom. The Hall–Kier alpha value is -3.62. The number of carbonyl (C=O) groups is 1. The fraction of sp³-hybridized carbons (Fsp3) is 0.200. The molecule has 1 unspecified atom stereocenters. The number of fused-ring (bicyclic) bond motifs is 1. The Balaban J connectivity index is 1.47. The first-order valence-electron chi connectivity index (χ1n) is 9.03. The molecule has 1 saturated carbocycles. The van der Waals surface area contributed by atoms with E-state index in [0.29, 0.717) is 23.3 Å². The predicted molar refractivity (Wildman–Crippen MR) is 99.8 cm³/mol. The van der Waals surface area contributed by atoms with Crippen LogP contribution in [0.4, 0.5) is 14.5 Å². The number of aromatic nitrogens is 4. The van der Waals surface area contributed by atoms with Gasteiger partial charge in [-0.15, -0.1) is 0 Å². The smallest absolute Gasteiger partial charge is 0.274 e. The predicted octanol–water partition coefficient (Wildman–Crippen LogP) is 3.91. The van der Waals surface area contributed by atoms with Crippen LogP contribution in [0, 0.1) is 12.7 Å². The van der Waals surface area contributed by atoms with E-state index in [-0.39, 0.29) is 28.9 Å². The Bertz CT molecular complexity index is 1250. The van der Waals surface area contributed by atoms with Crippen molar-refractivity contribution in [2.24, 2.45) is 0 Å². The summed E-state index contributed by atoms with van der Waals surface area (Å²) in [7, 11) is 0. The number of hydrogen-bond donors (Lipinski definition) is 1. The Morgan fingerprint density at radius 2 is 2.17 bits per heavy atom. The van der Waals surface area contributed by atoms with Crippen LogP contribution in [0.15, 0.2) is 47.2 Å². The van der Waals surface area contributed by atoms with E-state index < -0.39 is 17.9 Å². The maximum atomic E-state index is 14.5. The van der Waals surface area contributed by atoms with Gasteiger partial charge < -0.3 is 9.84 Å². The molecule has 3 heterocycles. The topological polar surface area (TPSA) is 85.3 Å². The lowest BCUT2D eigenvalue weighted by Gasteiger charge is -2.10. The maximum Gasteiger partial charge on any atom is 0.274 e. The van der Waals surface area contributed by atoms with Gasteiger partial charge in [-0.3, -0.25) is 9.20 Å². The number of pyridine rings is 1. The van der Waals surface area contributed by atoms with Gasteiger partial charge in [0.05, 0.1) is 12.1 Å². The molecule has 146 valence electrons. The van der Waals surface area contributed by atoms with Crippen molar-refractivity contribution in [3.63, 3.8) is 0 Å². The Kier molecular flexibility index (Phi) is 3.90. The minimum Gasteiger partial charge on any atom is -0.339 e. The Morgan fingerprint density at radius 3 is 2.97 bits per heavy atom. The lowest BCUT2D eigenvalue weighted by molar-refractivity contribution is 0.102. The van der Waals surface area contributed by atoms with Crippen molar-refractivity contribution in [1.29, 1.82) is 0 Å². The zero-order valence-corrected chi connectivity index (χ0v) is 15.3. The number of carbonyl (C=O) groups excluding carboxylic acids is 1. The fourth-order valence-electron chi connectivity index (χ4n) is 3.15. The van der Waals surface area contributed by atoms with E-state index in [1.165, 1.54) is 12.3 Å². The summed E-state index contributed by atoms with van der Waals surface area (Å²) in [5, 5.41) is 6.54. The molecule has 1 amide bonds. The number of amides is 1. The highest BCUT2D eigenvalue weighted by molar-refractivity contribution is 6.04. The van der Waals surface area contributed by atoms with E-state index in [9.17, 15) is 13.6 Å². The second-order valence-corrected chi connectivity index (χ2v) is 6.97. The van der Waals surface area contributed by atoms with Gasteiger partial charge in [0, 0.05) is 23.0 Å². The molecule has 7 nitrogen and oxygen atoms in total. The number of nitrogens with one attached hydrogen (secondary N) is 1. The van der Waals surface area contributed by atoms with E-state index in [0.717, 1.165) is 0 Å². The van der Waals surface area contributed by atoms with Gasteiger partial charge in [-0.1, -0.05) is 11.2 Å². The van der Waals surface area contributed by atoms with Gasteiger partial charge in [-0.2, -0.15) is 4.98 Å². The van der Waals surface area contributed by atoms with E-state index in [1.807, 2.05) is 6.07 Å². The van der Waals surface area contributed by atoms with Crippen LogP contribution in [0.3, 0.4) is 0 Å². The van der Waals surface area contributed by atoms with Crippen molar-refractivity contribution in [2.45, 2.75) is 25.4 Å². The average Bonchev–Trinajstić information content (AvgIpc) is 3.12. The van der Waals surface area contributed by atoms with Gasteiger partial charge in [0.2, 0.25) is 11.7 Å². The first-order valence-corrected chi connectivity index (χ1v) is 9.03. The molecule has 1 N–H and O–H groups in total. The lowest BCUT2D eigenvalue weighted by Crippen LogP contribution is -2.15. The van der Waals surface area contributed by atoms with Crippen LogP contribution in [0.1, 0.15) is 34.3 Å². The molecule has 0 bridgehead atoms. The zero-order chi connectivity index (χ0) is 20.1. The monoisotopic (exact) mass is 395 g/mol. The number of benzene rings is 1. The molecule has 29 heavy (non-hydrogen) atoms. The van der Waals surface area contributed by atoms with Gasteiger partial charge >= 0.3 is 0 Å². The molecule has 1 fully saturated rings. The van der Waals surface area contributed by atoms with Gasteiger partial charge in [-0.25, -0.2) is 13.8 Å². The molecule has 0 aliphatic heterocycles. The van der Waals surface area contributed by atoms with Crippen molar-refractivity contribution < 1.29 is 18.1 Å². The van der Waals surface area contributed by atoms with Crippen LogP contribution in [0.5, 0.6) is 0 Å². The molecule has 0 radical (unpaired) electrons. The largest absolute Gasteiger partial charge is 0.339 e. The van der Waals surface area contributed by atoms with Gasteiger partial charge in [0.15, 0.2) is 0 Å². The van der Waals surface area contributed by atoms with Crippen LogP contribution >= 0.6 is 0 Å². The molecule has 1 aromatic carbocycles. The van der Waals surface area contributed by atoms with Crippen molar-refractivity contribution in [3.05, 3.63) is 65.7 Å². The van der Waals surface area contributed by atoms with Crippen LogP contribution in [0.25, 0.3) is 17.0 Å². The standard InChI is InChI=1S/C20H15F2N5O2/c1-10-13(21)6-11(18-25-20(29-26-18)12-8-14(12)22)7-15(10)24-19(28)16-9-23-17-4-2-3-5-27(16)17/h2-7,9,12,14H,8H2,1H3,(H,24,28)/t12-,14?/m1/s1. The van der Waals surface area contributed by atoms with Gasteiger partial charge in [0.1, 0.15) is 23.3 Å². The summed E-state index contributed by atoms with van der Waals surface area (Å²) in [6, 6.07) is 8.20. The Labute approximate surface area is 163 Å². The zero-order valence-electron chi connectivity index (χ0n) is 15.3. The molecule has 4 aromatic rings. The molecule has 2 atom stereocenters. The van der Waals surface area contributed by atoms with Gasteiger partial charge in [0.25, 0.3) is 5.91 Å². The van der Waals surface area contributed by atoms with E-state index >= 15 is 0 Å². The summed E-state index contributed by atoms with van der Waals surface area (Å²) in [6.07, 6.45) is 2.55. The van der Waals surface area contributed by atoms with E-state index in [2.05, 4.69) is 20.4 Å². The number of nitrogens with zero attached hydrogens (tertiary/aromatic N) is 4. The number of hydrogen-bond acceptors (Lipinski definition) is 5. The molecule has 0 spiro atoms. The third kappa shape index (κ3) is 3.04. The van der Waals surface area contributed by atoms with Gasteiger partial charge in [-0.05, 0) is 37.6 Å². The maximum absolute atomic E-state index is 14.5. The number of rotatable bonds is 4. The second-order valence-electron chi connectivity index (χ2n) is 6.97. The second kappa shape index (κ2) is 6.47. The number of alkyl halides is 1.